The van der Waals surface area contributed by atoms with Crippen molar-refractivity contribution in [3.05, 3.63) is 29.8 Å². The number of unbranched alkanes of at least 4 members (excludes halogenated alkanes) is 1. The van der Waals surface area contributed by atoms with E-state index in [1.165, 1.54) is 24.3 Å². The Hall–Kier alpha value is -2.25. The molecule has 0 heterocycles. The number of hydrogen-bond acceptors (Lipinski definition) is 2. The van der Waals surface area contributed by atoms with Crippen LogP contribution < -0.4 is 10.6 Å². The zero-order valence-corrected chi connectivity index (χ0v) is 11.0. The molecule has 8 heteroatoms. The fraction of sp³-hybridized carbons (Fsp3) is 0.385. The maximum absolute atomic E-state index is 11.9. The van der Waals surface area contributed by atoms with Crippen LogP contribution in [0, 0.1) is 0 Å². The monoisotopic (exact) mass is 304 g/mol. The number of halogens is 3. The second kappa shape index (κ2) is 7.51. The first-order valence-electron chi connectivity index (χ1n) is 6.23. The van der Waals surface area contributed by atoms with Crippen molar-refractivity contribution in [1.82, 2.24) is 5.32 Å². The number of amides is 2. The number of carbonyl (C=O) groups excluding carboxylic acids is 1. The Morgan fingerprint density at radius 3 is 2.24 bits per heavy atom. The predicted octanol–water partition coefficient (Wildman–Crippen LogP) is 3.24. The fourth-order valence-corrected chi connectivity index (χ4v) is 1.52. The molecule has 0 spiro atoms. The van der Waals surface area contributed by atoms with E-state index in [1.54, 1.807) is 0 Å². The van der Waals surface area contributed by atoms with Gasteiger partial charge in [-0.25, -0.2) is 9.59 Å². The van der Waals surface area contributed by atoms with Crippen molar-refractivity contribution < 1.29 is 27.9 Å². The highest BCUT2D eigenvalue weighted by Gasteiger charge is 2.25. The van der Waals surface area contributed by atoms with Crippen molar-refractivity contribution in [3.8, 4) is 0 Å². The minimum atomic E-state index is -4.17. The number of benzene rings is 1. The van der Waals surface area contributed by atoms with E-state index in [4.69, 9.17) is 5.11 Å². The van der Waals surface area contributed by atoms with Gasteiger partial charge < -0.3 is 15.7 Å². The molecule has 5 nitrogen and oxygen atoms in total. The maximum Gasteiger partial charge on any atom is 0.389 e. The smallest absolute Gasteiger partial charge is 0.389 e. The number of hydrogen-bond donors (Lipinski definition) is 3. The fourth-order valence-electron chi connectivity index (χ4n) is 1.52. The van der Waals surface area contributed by atoms with E-state index in [0.29, 0.717) is 5.69 Å². The van der Waals surface area contributed by atoms with Gasteiger partial charge in [-0.15, -0.1) is 0 Å². The van der Waals surface area contributed by atoms with Crippen LogP contribution in [-0.4, -0.2) is 29.8 Å². The lowest BCUT2D eigenvalue weighted by Crippen LogP contribution is -2.29. The summed E-state index contributed by atoms with van der Waals surface area (Å²) < 4.78 is 35.6. The Bertz CT molecular complexity index is 486. The van der Waals surface area contributed by atoms with E-state index >= 15 is 0 Å². The number of carboxylic acid groups (broad SMARTS) is 1. The van der Waals surface area contributed by atoms with Gasteiger partial charge in [-0.1, -0.05) is 0 Å². The number of alkyl halides is 3. The summed E-state index contributed by atoms with van der Waals surface area (Å²) in [6.45, 7) is 0.134. The van der Waals surface area contributed by atoms with Crippen molar-refractivity contribution in [2.45, 2.75) is 25.4 Å². The first-order valence-corrected chi connectivity index (χ1v) is 6.23. The first kappa shape index (κ1) is 16.8. The third-order valence-corrected chi connectivity index (χ3v) is 2.56. The van der Waals surface area contributed by atoms with Gasteiger partial charge in [0.15, 0.2) is 0 Å². The summed E-state index contributed by atoms with van der Waals surface area (Å²) in [7, 11) is 0. The summed E-state index contributed by atoms with van der Waals surface area (Å²) in [5.74, 6) is -1.07. The molecule has 0 aromatic heterocycles. The van der Waals surface area contributed by atoms with Gasteiger partial charge in [0.1, 0.15) is 0 Å². The molecular weight excluding hydrogens is 289 g/mol. The van der Waals surface area contributed by atoms with E-state index in [1.807, 2.05) is 0 Å². The highest BCUT2D eigenvalue weighted by Crippen LogP contribution is 2.21. The zero-order valence-electron chi connectivity index (χ0n) is 11.0. The van der Waals surface area contributed by atoms with Gasteiger partial charge >= 0.3 is 18.2 Å². The highest BCUT2D eigenvalue weighted by atomic mass is 19.4. The number of carbonyl (C=O) groups is 2. The van der Waals surface area contributed by atoms with Gasteiger partial charge in [0.05, 0.1) is 5.56 Å². The lowest BCUT2D eigenvalue weighted by molar-refractivity contribution is -0.135. The van der Waals surface area contributed by atoms with E-state index in [9.17, 15) is 22.8 Å². The molecule has 2 amide bonds. The molecule has 0 fully saturated rings. The Balaban J connectivity index is 2.26. The molecule has 116 valence electrons. The molecule has 0 aliphatic carbocycles. The SMILES string of the molecule is O=C(NCCCCC(F)(F)F)Nc1ccc(C(=O)O)cc1. The number of urea groups is 1. The van der Waals surface area contributed by atoms with Crippen LogP contribution in [0.2, 0.25) is 0 Å². The van der Waals surface area contributed by atoms with Gasteiger partial charge in [-0.2, -0.15) is 13.2 Å². The molecule has 1 aromatic rings. The number of anilines is 1. The van der Waals surface area contributed by atoms with Crippen LogP contribution in [0.1, 0.15) is 29.6 Å². The minimum absolute atomic E-state index is 0.0446. The number of rotatable bonds is 6. The molecule has 0 aliphatic rings. The highest BCUT2D eigenvalue weighted by molar-refractivity contribution is 5.91. The Morgan fingerprint density at radius 1 is 1.10 bits per heavy atom. The summed E-state index contributed by atoms with van der Waals surface area (Å²) in [5, 5.41) is 13.6. The summed E-state index contributed by atoms with van der Waals surface area (Å²) in [6.07, 6.45) is -4.86. The molecule has 1 rings (SSSR count). The van der Waals surface area contributed by atoms with E-state index in [2.05, 4.69) is 10.6 Å². The standard InChI is InChI=1S/C13H15F3N2O3/c14-13(15,16)7-1-2-8-17-12(21)18-10-5-3-9(4-6-10)11(19)20/h3-6H,1-2,7-8H2,(H,19,20)(H2,17,18,21). The number of nitrogens with one attached hydrogen (secondary N) is 2. The Morgan fingerprint density at radius 2 is 1.71 bits per heavy atom. The molecule has 1 aromatic carbocycles. The lowest BCUT2D eigenvalue weighted by Gasteiger charge is -2.08. The number of carboxylic acids is 1. The van der Waals surface area contributed by atoms with Gasteiger partial charge in [0.25, 0.3) is 0 Å². The van der Waals surface area contributed by atoms with Crippen LogP contribution in [0.15, 0.2) is 24.3 Å². The molecule has 0 saturated heterocycles. The lowest BCUT2D eigenvalue weighted by atomic mass is 10.2. The summed E-state index contributed by atoms with van der Waals surface area (Å²) in [4.78, 5) is 22.1. The van der Waals surface area contributed by atoms with Crippen LogP contribution in [0.3, 0.4) is 0 Å². The molecule has 0 saturated carbocycles. The van der Waals surface area contributed by atoms with Gasteiger partial charge in [0, 0.05) is 18.7 Å². The summed E-state index contributed by atoms with van der Waals surface area (Å²) in [6, 6.07) is 4.96. The van der Waals surface area contributed by atoms with Crippen LogP contribution in [0.5, 0.6) is 0 Å². The van der Waals surface area contributed by atoms with Gasteiger partial charge in [0.2, 0.25) is 0 Å². The van der Waals surface area contributed by atoms with Gasteiger partial charge in [-0.05, 0) is 37.1 Å². The average Bonchev–Trinajstić information content (AvgIpc) is 2.37. The molecule has 0 bridgehead atoms. The van der Waals surface area contributed by atoms with Gasteiger partial charge in [-0.3, -0.25) is 0 Å². The van der Waals surface area contributed by atoms with Crippen molar-refractivity contribution in [2.75, 3.05) is 11.9 Å². The molecule has 0 aliphatic heterocycles. The van der Waals surface area contributed by atoms with Crippen LogP contribution in [0.4, 0.5) is 23.7 Å². The van der Waals surface area contributed by atoms with Crippen molar-refractivity contribution in [1.29, 1.82) is 0 Å². The third kappa shape index (κ3) is 7.19. The summed E-state index contributed by atoms with van der Waals surface area (Å²) in [5.41, 5.74) is 0.487. The van der Waals surface area contributed by atoms with E-state index < -0.39 is 24.6 Å². The Kier molecular flexibility index (Phi) is 6.01. The maximum atomic E-state index is 11.9. The van der Waals surface area contributed by atoms with Crippen molar-refractivity contribution >= 4 is 17.7 Å². The zero-order chi connectivity index (χ0) is 15.9. The topological polar surface area (TPSA) is 78.4 Å². The number of aromatic carboxylic acids is 1. The second-order valence-corrected chi connectivity index (χ2v) is 4.34. The minimum Gasteiger partial charge on any atom is -0.478 e. The molecule has 3 N–H and O–H groups in total. The molecule has 0 unspecified atom stereocenters. The van der Waals surface area contributed by atoms with Crippen LogP contribution in [-0.2, 0) is 0 Å². The van der Waals surface area contributed by atoms with Crippen LogP contribution >= 0.6 is 0 Å². The molecule has 0 atom stereocenters. The molecule has 0 radical (unpaired) electrons. The first-order chi connectivity index (χ1) is 9.78. The normalized spacial score (nSPS) is 11.0. The molecular formula is C13H15F3N2O3. The average molecular weight is 304 g/mol. The third-order valence-electron chi connectivity index (χ3n) is 2.56. The van der Waals surface area contributed by atoms with E-state index in [-0.39, 0.29) is 24.9 Å². The van der Waals surface area contributed by atoms with Crippen LogP contribution in [0.25, 0.3) is 0 Å². The quantitative estimate of drug-likeness (QED) is 0.706. The second-order valence-electron chi connectivity index (χ2n) is 4.34. The van der Waals surface area contributed by atoms with Crippen molar-refractivity contribution in [3.63, 3.8) is 0 Å². The van der Waals surface area contributed by atoms with Crippen molar-refractivity contribution in [2.24, 2.45) is 0 Å². The summed E-state index contributed by atoms with van der Waals surface area (Å²) >= 11 is 0. The largest absolute Gasteiger partial charge is 0.478 e. The Labute approximate surface area is 119 Å². The molecule has 21 heavy (non-hydrogen) atoms. The van der Waals surface area contributed by atoms with E-state index in [0.717, 1.165) is 0 Å². The predicted molar refractivity (Wildman–Crippen MR) is 70.3 cm³/mol.